The molecule has 1 saturated heterocycles. The van der Waals surface area contributed by atoms with Gasteiger partial charge in [0.1, 0.15) is 0 Å². The maximum Gasteiger partial charge on any atom is 0.249 e. The molecule has 1 atom stereocenters. The number of hydrogen-bond donors (Lipinski definition) is 0. The Morgan fingerprint density at radius 1 is 1.43 bits per heavy atom. The summed E-state index contributed by atoms with van der Waals surface area (Å²) in [5.41, 5.74) is 0. The van der Waals surface area contributed by atoms with Crippen LogP contribution in [0.1, 0.15) is 41.0 Å². The Balaban J connectivity index is 0.00000196. The van der Waals surface area contributed by atoms with Crippen molar-refractivity contribution in [2.45, 2.75) is 45.5 Å². The van der Waals surface area contributed by atoms with Crippen molar-refractivity contribution in [3.8, 4) is 0 Å². The van der Waals surface area contributed by atoms with Crippen LogP contribution in [-0.4, -0.2) is 30.5 Å². The summed E-state index contributed by atoms with van der Waals surface area (Å²) in [6, 6.07) is 0. The molecule has 1 aliphatic heterocycles. The zero-order valence-corrected chi connectivity index (χ0v) is 9.23. The van der Waals surface area contributed by atoms with Crippen molar-refractivity contribution in [3.05, 3.63) is 0 Å². The van der Waals surface area contributed by atoms with Gasteiger partial charge in [-0.25, -0.2) is 8.78 Å². The van der Waals surface area contributed by atoms with Gasteiger partial charge in [-0.2, -0.15) is 0 Å². The Bertz CT molecular complexity index is 166. The fraction of sp³-hybridized carbons (Fsp3) is 1.00. The first-order chi connectivity index (χ1) is 6.54. The fourth-order valence-corrected chi connectivity index (χ4v) is 1.83. The quantitative estimate of drug-likeness (QED) is 0.645. The van der Waals surface area contributed by atoms with Gasteiger partial charge in [-0.1, -0.05) is 19.8 Å². The van der Waals surface area contributed by atoms with E-state index in [1.807, 2.05) is 0 Å². The zero-order chi connectivity index (χ0) is 10.6. The molecular weight excluding hydrogens is 184 g/mol. The summed E-state index contributed by atoms with van der Waals surface area (Å²) in [7, 11) is 0. The molecule has 0 aliphatic carbocycles. The molecule has 0 N–H and O–H groups in total. The smallest absolute Gasteiger partial charge is 0.249 e. The number of likely N-dealkylation sites (tertiary alicyclic amines) is 1. The second-order valence-corrected chi connectivity index (χ2v) is 4.45. The summed E-state index contributed by atoms with van der Waals surface area (Å²) >= 11 is 0. The summed E-state index contributed by atoms with van der Waals surface area (Å²) in [5, 5.41) is 0. The van der Waals surface area contributed by atoms with Gasteiger partial charge in [0.2, 0.25) is 5.92 Å². The van der Waals surface area contributed by atoms with E-state index in [4.69, 9.17) is 0 Å². The van der Waals surface area contributed by atoms with E-state index in [2.05, 4.69) is 11.8 Å². The molecule has 1 heterocycles. The molecule has 1 aliphatic rings. The average molecular weight is 207 g/mol. The van der Waals surface area contributed by atoms with Crippen LogP contribution in [0.15, 0.2) is 0 Å². The fourth-order valence-electron chi connectivity index (χ4n) is 1.83. The van der Waals surface area contributed by atoms with Gasteiger partial charge in [0.15, 0.2) is 0 Å². The van der Waals surface area contributed by atoms with Gasteiger partial charge in [0.05, 0.1) is 0 Å². The van der Waals surface area contributed by atoms with Crippen molar-refractivity contribution in [2.75, 3.05) is 19.6 Å². The Kier molecular flexibility index (Phi) is 4.30. The summed E-state index contributed by atoms with van der Waals surface area (Å²) in [6.45, 7) is 5.72. The van der Waals surface area contributed by atoms with Crippen LogP contribution in [0.2, 0.25) is 0 Å². The van der Waals surface area contributed by atoms with Crippen molar-refractivity contribution in [1.82, 2.24) is 4.90 Å². The predicted molar refractivity (Wildman–Crippen MR) is 56.8 cm³/mol. The molecule has 0 unspecified atom stereocenters. The van der Waals surface area contributed by atoms with Crippen molar-refractivity contribution in [3.63, 3.8) is 0 Å². The molecule has 0 spiro atoms. The predicted octanol–water partition coefficient (Wildman–Crippen LogP) is 3.40. The van der Waals surface area contributed by atoms with Crippen LogP contribution in [0, 0.1) is 5.92 Å². The third kappa shape index (κ3) is 3.52. The highest BCUT2D eigenvalue weighted by Gasteiger charge is 2.35. The van der Waals surface area contributed by atoms with Gasteiger partial charge < -0.3 is 4.90 Å². The lowest BCUT2D eigenvalue weighted by Gasteiger charge is -2.36. The highest BCUT2D eigenvalue weighted by atomic mass is 19.3. The van der Waals surface area contributed by atoms with E-state index in [1.54, 1.807) is 0 Å². The molecule has 0 saturated carbocycles. The number of nitrogens with zero attached hydrogens (tertiary/aromatic N) is 1. The van der Waals surface area contributed by atoms with E-state index in [9.17, 15) is 8.78 Å². The highest BCUT2D eigenvalue weighted by Crippen LogP contribution is 2.30. The van der Waals surface area contributed by atoms with Crippen molar-refractivity contribution >= 4 is 0 Å². The van der Waals surface area contributed by atoms with Gasteiger partial charge >= 0.3 is 0 Å². The number of unbranched alkanes of at least 4 members (excludes halogenated alkanes) is 1. The second kappa shape index (κ2) is 5.06. The van der Waals surface area contributed by atoms with E-state index in [1.165, 1.54) is 6.42 Å². The molecule has 0 aromatic rings. The summed E-state index contributed by atoms with van der Waals surface area (Å²) < 4.78 is 26.4. The third-order valence-electron chi connectivity index (χ3n) is 3.05. The molecule has 0 aromatic heterocycles. The van der Waals surface area contributed by atoms with E-state index >= 15 is 0 Å². The lowest BCUT2D eigenvalue weighted by Crippen LogP contribution is -2.44. The molecule has 0 bridgehead atoms. The maximum absolute atomic E-state index is 13.2. The Hall–Kier alpha value is -0.180. The third-order valence-corrected chi connectivity index (χ3v) is 3.05. The molecule has 86 valence electrons. The van der Waals surface area contributed by atoms with E-state index < -0.39 is 11.8 Å². The van der Waals surface area contributed by atoms with Crippen LogP contribution < -0.4 is 0 Å². The number of hydrogen-bond acceptors (Lipinski definition) is 1. The highest BCUT2D eigenvalue weighted by molar-refractivity contribution is 4.79. The average Bonchev–Trinajstić information content (AvgIpc) is 1.99. The first kappa shape index (κ1) is 11.9. The van der Waals surface area contributed by atoms with Crippen molar-refractivity contribution in [1.29, 1.82) is 0 Å². The summed E-state index contributed by atoms with van der Waals surface area (Å²) in [5.74, 6) is -2.95. The largest absolute Gasteiger partial charge is 0.303 e. The van der Waals surface area contributed by atoms with Crippen LogP contribution >= 0.6 is 0 Å². The minimum absolute atomic E-state index is 0. The molecule has 1 rings (SSSR count). The van der Waals surface area contributed by atoms with E-state index in [0.717, 1.165) is 32.9 Å². The van der Waals surface area contributed by atoms with Crippen LogP contribution in [0.4, 0.5) is 8.78 Å². The van der Waals surface area contributed by atoms with E-state index in [-0.39, 0.29) is 1.43 Å². The first-order valence-corrected chi connectivity index (χ1v) is 5.64. The Morgan fingerprint density at radius 2 is 2.07 bits per heavy atom. The normalized spacial score (nSPS) is 20.6. The van der Waals surface area contributed by atoms with Gasteiger partial charge in [0.25, 0.3) is 0 Å². The molecule has 0 aromatic carbocycles. The monoisotopic (exact) mass is 207 g/mol. The lowest BCUT2D eigenvalue weighted by molar-refractivity contribution is -0.0610. The molecular formula is C11H23F2N. The van der Waals surface area contributed by atoms with Crippen LogP contribution in [-0.2, 0) is 0 Å². The summed E-state index contributed by atoms with van der Waals surface area (Å²) in [4.78, 5) is 2.14. The number of rotatable bonds is 6. The molecule has 14 heavy (non-hydrogen) atoms. The standard InChI is InChI=1S/C11H21F2N.H2/c1-3-4-6-10(11(2,12)13)9-14-7-5-8-14;/h10H,3-9H2,1-2H3;1H/t10-;/m1./s1. The van der Waals surface area contributed by atoms with Crippen molar-refractivity contribution < 1.29 is 10.2 Å². The van der Waals surface area contributed by atoms with Crippen LogP contribution in [0.25, 0.3) is 0 Å². The second-order valence-electron chi connectivity index (χ2n) is 4.45. The summed E-state index contributed by atoms with van der Waals surface area (Å²) in [6.07, 6.45) is 3.76. The zero-order valence-electron chi connectivity index (χ0n) is 9.23. The maximum atomic E-state index is 13.2. The van der Waals surface area contributed by atoms with Gasteiger partial charge in [-0.3, -0.25) is 0 Å². The molecule has 0 radical (unpaired) electrons. The number of halogens is 2. The molecule has 1 fully saturated rings. The lowest BCUT2D eigenvalue weighted by atomic mass is 9.94. The van der Waals surface area contributed by atoms with Gasteiger partial charge in [-0.15, -0.1) is 0 Å². The molecule has 3 heteroatoms. The van der Waals surface area contributed by atoms with E-state index in [0.29, 0.717) is 13.0 Å². The first-order valence-electron chi connectivity index (χ1n) is 5.64. The van der Waals surface area contributed by atoms with Crippen LogP contribution in [0.5, 0.6) is 0 Å². The minimum atomic E-state index is -2.51. The SMILES string of the molecule is CCCC[C@H](CN1CCC1)C(C)(F)F.[HH]. The Morgan fingerprint density at radius 3 is 2.43 bits per heavy atom. The molecule has 1 nitrogen and oxygen atoms in total. The minimum Gasteiger partial charge on any atom is -0.303 e. The van der Waals surface area contributed by atoms with Crippen molar-refractivity contribution in [2.24, 2.45) is 5.92 Å². The van der Waals surface area contributed by atoms with Gasteiger partial charge in [-0.05, 0) is 32.9 Å². The number of alkyl halides is 2. The molecule has 0 amide bonds. The Labute approximate surface area is 87.0 Å². The topological polar surface area (TPSA) is 3.24 Å². The van der Waals surface area contributed by atoms with Crippen LogP contribution in [0.3, 0.4) is 0 Å². The van der Waals surface area contributed by atoms with Gasteiger partial charge in [0, 0.05) is 13.9 Å².